The van der Waals surface area contributed by atoms with Gasteiger partial charge in [0.1, 0.15) is 22.1 Å². The predicted octanol–water partition coefficient (Wildman–Crippen LogP) is 13.8. The van der Waals surface area contributed by atoms with Gasteiger partial charge in [0.05, 0.1) is 31.0 Å². The van der Waals surface area contributed by atoms with Gasteiger partial charge >= 0.3 is 0 Å². The lowest BCUT2D eigenvalue weighted by Crippen LogP contribution is -1.87. The van der Waals surface area contributed by atoms with Gasteiger partial charge in [-0.1, -0.05) is 84.0 Å². The quantitative estimate of drug-likeness (QED) is 0.0916. The monoisotopic (exact) mass is 788 g/mol. The normalized spacial score (nSPS) is 12.0. The molecule has 4 heterocycles. The van der Waals surface area contributed by atoms with E-state index in [4.69, 9.17) is 17.5 Å². The topological polar surface area (TPSA) is 51.6 Å². The van der Waals surface area contributed by atoms with Crippen LogP contribution in [0.3, 0.4) is 0 Å². The number of halogens is 2. The SMILES string of the molecule is CCCCCCCCCCCCCCCc1cc(-c2cc3c(cc(-c4cc(C)c(Br)s4)c4nsnc43)c3nsnc23)sc1Br. The van der Waals surface area contributed by atoms with Crippen molar-refractivity contribution in [1.82, 2.24) is 17.5 Å². The molecule has 10 heteroatoms. The molecule has 0 aliphatic rings. The van der Waals surface area contributed by atoms with Gasteiger partial charge in [-0.25, -0.2) is 0 Å². The molecule has 0 amide bonds. The Morgan fingerprint density at radius 2 is 1.00 bits per heavy atom. The minimum absolute atomic E-state index is 0.948. The smallest absolute Gasteiger partial charge is 0.114 e. The van der Waals surface area contributed by atoms with Crippen LogP contribution in [-0.4, -0.2) is 17.5 Å². The zero-order valence-electron chi connectivity index (χ0n) is 25.4. The summed E-state index contributed by atoms with van der Waals surface area (Å²) in [5.41, 5.74) is 8.72. The van der Waals surface area contributed by atoms with Crippen LogP contribution in [0, 0.1) is 6.92 Å². The van der Waals surface area contributed by atoms with Gasteiger partial charge in [0.25, 0.3) is 0 Å². The van der Waals surface area contributed by atoms with E-state index in [1.807, 2.05) is 11.3 Å². The molecular formula is C34H38Br2N4S4. The van der Waals surface area contributed by atoms with E-state index in [2.05, 4.69) is 70.0 Å². The van der Waals surface area contributed by atoms with E-state index in [0.717, 1.165) is 54.2 Å². The lowest BCUT2D eigenvalue weighted by Gasteiger charge is -2.07. The number of aromatic nitrogens is 4. The van der Waals surface area contributed by atoms with Crippen molar-refractivity contribution in [3.8, 4) is 20.9 Å². The number of hydrogen-bond acceptors (Lipinski definition) is 8. The van der Waals surface area contributed by atoms with Gasteiger partial charge in [-0.3, -0.25) is 0 Å². The molecule has 0 atom stereocenters. The summed E-state index contributed by atoms with van der Waals surface area (Å²) in [6.07, 6.45) is 19.1. The minimum atomic E-state index is 0.948. The van der Waals surface area contributed by atoms with E-state index in [1.165, 1.54) is 132 Å². The number of thiophene rings is 2. The molecule has 0 aliphatic heterocycles. The summed E-state index contributed by atoms with van der Waals surface area (Å²) in [7, 11) is 0. The number of benzene rings is 2. The molecule has 44 heavy (non-hydrogen) atoms. The highest BCUT2D eigenvalue weighted by Crippen LogP contribution is 2.45. The van der Waals surface area contributed by atoms with E-state index in [0.29, 0.717) is 0 Å². The molecule has 6 rings (SSSR count). The highest BCUT2D eigenvalue weighted by atomic mass is 79.9. The highest BCUT2D eigenvalue weighted by molar-refractivity contribution is 9.11. The molecule has 0 aliphatic carbocycles. The summed E-state index contributed by atoms with van der Waals surface area (Å²) in [6, 6.07) is 9.11. The number of unbranched alkanes of at least 4 members (excludes halogenated alkanes) is 12. The molecule has 4 aromatic heterocycles. The Bertz CT molecular complexity index is 1830. The third-order valence-electron chi connectivity index (χ3n) is 8.56. The Hall–Kier alpha value is -1.30. The van der Waals surface area contributed by atoms with Crippen LogP contribution in [0.1, 0.15) is 102 Å². The van der Waals surface area contributed by atoms with Crippen molar-refractivity contribution in [3.63, 3.8) is 0 Å². The predicted molar refractivity (Wildman–Crippen MR) is 202 cm³/mol. The van der Waals surface area contributed by atoms with Crippen LogP contribution in [0.5, 0.6) is 0 Å². The fourth-order valence-corrected chi connectivity index (χ4v) is 10.6. The summed E-state index contributed by atoms with van der Waals surface area (Å²) in [5.74, 6) is 0. The number of nitrogens with zero attached hydrogens (tertiary/aromatic N) is 4. The van der Waals surface area contributed by atoms with Gasteiger partial charge in [-0.05, 0) is 87.0 Å². The first-order valence-corrected chi connectivity index (χ1v) is 20.6. The van der Waals surface area contributed by atoms with Gasteiger partial charge in [-0.2, -0.15) is 17.5 Å². The Kier molecular flexibility index (Phi) is 11.5. The van der Waals surface area contributed by atoms with E-state index in [1.54, 1.807) is 11.3 Å². The van der Waals surface area contributed by atoms with Crippen LogP contribution >= 0.6 is 78.0 Å². The van der Waals surface area contributed by atoms with Gasteiger partial charge in [0.15, 0.2) is 0 Å². The van der Waals surface area contributed by atoms with Crippen LogP contribution in [0.15, 0.2) is 31.8 Å². The Morgan fingerprint density at radius 3 is 1.50 bits per heavy atom. The molecule has 0 saturated heterocycles. The molecule has 232 valence electrons. The Labute approximate surface area is 293 Å². The molecule has 0 bridgehead atoms. The first-order chi connectivity index (χ1) is 21.5. The van der Waals surface area contributed by atoms with Crippen LogP contribution in [0.2, 0.25) is 0 Å². The van der Waals surface area contributed by atoms with Crippen molar-refractivity contribution >= 4 is 111 Å². The molecular weight excluding hydrogens is 752 g/mol. The molecule has 0 spiro atoms. The van der Waals surface area contributed by atoms with Gasteiger partial charge in [0, 0.05) is 31.7 Å². The lowest BCUT2D eigenvalue weighted by atomic mass is 9.98. The summed E-state index contributed by atoms with van der Waals surface area (Å²) in [6.45, 7) is 4.42. The van der Waals surface area contributed by atoms with Crippen LogP contribution < -0.4 is 0 Å². The summed E-state index contributed by atoms with van der Waals surface area (Å²) >= 11 is 13.7. The van der Waals surface area contributed by atoms with Gasteiger partial charge < -0.3 is 0 Å². The maximum absolute atomic E-state index is 4.80. The van der Waals surface area contributed by atoms with E-state index in [9.17, 15) is 0 Å². The van der Waals surface area contributed by atoms with Crippen LogP contribution in [0.4, 0.5) is 0 Å². The van der Waals surface area contributed by atoms with Crippen molar-refractivity contribution in [2.45, 2.75) is 104 Å². The second kappa shape index (κ2) is 15.5. The van der Waals surface area contributed by atoms with Crippen LogP contribution in [0.25, 0.3) is 53.7 Å². The summed E-state index contributed by atoms with van der Waals surface area (Å²) in [5, 5.41) is 2.19. The van der Waals surface area contributed by atoms with Crippen molar-refractivity contribution in [1.29, 1.82) is 0 Å². The highest BCUT2D eigenvalue weighted by Gasteiger charge is 2.21. The average molecular weight is 791 g/mol. The number of aryl methyl sites for hydroxylation is 2. The largest absolute Gasteiger partial charge is 0.172 e. The second-order valence-corrected chi connectivity index (χ2v) is 17.6. The first-order valence-electron chi connectivity index (χ1n) is 15.9. The maximum atomic E-state index is 4.80. The molecule has 0 unspecified atom stereocenters. The fraction of sp³-hybridized carbons (Fsp3) is 0.471. The van der Waals surface area contributed by atoms with Gasteiger partial charge in [0.2, 0.25) is 0 Å². The zero-order chi connectivity index (χ0) is 30.5. The molecule has 0 radical (unpaired) electrons. The fourth-order valence-electron chi connectivity index (χ4n) is 6.07. The van der Waals surface area contributed by atoms with Crippen molar-refractivity contribution < 1.29 is 0 Å². The summed E-state index contributed by atoms with van der Waals surface area (Å²) in [4.78, 5) is 2.42. The Balaban J connectivity index is 1.13. The van der Waals surface area contributed by atoms with Gasteiger partial charge in [-0.15, -0.1) is 22.7 Å². The summed E-state index contributed by atoms with van der Waals surface area (Å²) < 4.78 is 21.5. The third-order valence-corrected chi connectivity index (χ3v) is 13.8. The molecule has 0 saturated carbocycles. The maximum Gasteiger partial charge on any atom is 0.114 e. The minimum Gasteiger partial charge on any atom is -0.172 e. The molecule has 2 aromatic carbocycles. The van der Waals surface area contributed by atoms with Crippen LogP contribution in [-0.2, 0) is 6.42 Å². The lowest BCUT2D eigenvalue weighted by molar-refractivity contribution is 0.539. The molecule has 4 nitrogen and oxygen atoms in total. The van der Waals surface area contributed by atoms with Crippen molar-refractivity contribution in [2.75, 3.05) is 0 Å². The number of hydrogen-bond donors (Lipinski definition) is 0. The standard InChI is InChI=1S/C34H38Br2N4S4/c1-3-4-5-6-7-8-9-10-11-12-13-14-15-16-22-18-28(42-34(22)36)26-20-24-23(30-32(26)40-44-38-30)19-25(31-29(24)37-43-39-31)27-17-21(2)33(35)41-27/h17-20H,3-16H2,1-2H3. The molecule has 0 N–H and O–H groups in total. The van der Waals surface area contributed by atoms with E-state index in [-0.39, 0.29) is 0 Å². The van der Waals surface area contributed by atoms with Crippen molar-refractivity contribution in [3.05, 3.63) is 43.0 Å². The van der Waals surface area contributed by atoms with E-state index >= 15 is 0 Å². The number of rotatable bonds is 16. The van der Waals surface area contributed by atoms with E-state index < -0.39 is 0 Å². The Morgan fingerprint density at radius 1 is 0.545 bits per heavy atom. The molecule has 6 aromatic rings. The number of fused-ring (bicyclic) bond motifs is 5. The third kappa shape index (κ3) is 7.31. The first kappa shape index (κ1) is 32.6. The molecule has 0 fully saturated rings. The second-order valence-electron chi connectivity index (χ2n) is 11.8. The average Bonchev–Trinajstić information content (AvgIpc) is 3.83. The van der Waals surface area contributed by atoms with Crippen molar-refractivity contribution in [2.24, 2.45) is 0 Å². The zero-order valence-corrected chi connectivity index (χ0v) is 31.8.